The first-order valence-corrected chi connectivity index (χ1v) is 9.05. The number of rotatable bonds is 6. The number of amides is 2. The molecule has 1 aromatic heterocycles. The van der Waals surface area contributed by atoms with Crippen LogP contribution in [0.15, 0.2) is 36.5 Å². The molecule has 0 radical (unpaired) electrons. The number of alkyl halides is 2. The number of aryl methyl sites for hydroxylation is 1. The maximum atomic E-state index is 14.4. The number of anilines is 1. The number of nitrogens with zero attached hydrogens (tertiary/aromatic N) is 2. The number of hydrogen-bond donors (Lipinski definition) is 2. The Labute approximate surface area is 166 Å². The van der Waals surface area contributed by atoms with Crippen molar-refractivity contribution in [3.8, 4) is 5.75 Å². The monoisotopic (exact) mass is 404 g/mol. The van der Waals surface area contributed by atoms with Crippen molar-refractivity contribution in [3.63, 3.8) is 0 Å². The fourth-order valence-electron chi connectivity index (χ4n) is 3.10. The Bertz CT molecular complexity index is 918. The third-order valence-electron chi connectivity index (χ3n) is 4.87. The van der Waals surface area contributed by atoms with Crippen molar-refractivity contribution < 1.29 is 23.1 Å². The van der Waals surface area contributed by atoms with Crippen LogP contribution in [0.1, 0.15) is 21.5 Å². The Morgan fingerprint density at radius 1 is 1.31 bits per heavy atom. The number of aromatic nitrogens is 1. The molecule has 9 heteroatoms. The van der Waals surface area contributed by atoms with Crippen LogP contribution < -0.4 is 16.2 Å². The first-order valence-electron chi connectivity index (χ1n) is 9.05. The second-order valence-electron chi connectivity index (χ2n) is 7.18. The summed E-state index contributed by atoms with van der Waals surface area (Å²) in [5, 5.41) is 0. The Balaban J connectivity index is 1.64. The third-order valence-corrected chi connectivity index (χ3v) is 4.87. The highest BCUT2D eigenvalue weighted by Crippen LogP contribution is 2.34. The number of halogens is 2. The number of ether oxygens (including phenoxy) is 1. The van der Waals surface area contributed by atoms with Crippen molar-refractivity contribution in [1.82, 2.24) is 9.88 Å². The van der Waals surface area contributed by atoms with Gasteiger partial charge >= 0.3 is 0 Å². The molecule has 1 aliphatic rings. The zero-order valence-electron chi connectivity index (χ0n) is 15.9. The number of likely N-dealkylation sites (tertiary alicyclic amines) is 1. The van der Waals surface area contributed by atoms with Crippen molar-refractivity contribution in [2.75, 3.05) is 25.4 Å². The van der Waals surface area contributed by atoms with Gasteiger partial charge in [0.25, 0.3) is 5.92 Å². The van der Waals surface area contributed by atoms with Crippen molar-refractivity contribution in [2.24, 2.45) is 11.7 Å². The number of carbonyl (C=O) groups excluding carboxylic acids is 2. The summed E-state index contributed by atoms with van der Waals surface area (Å²) in [4.78, 5) is 28.6. The van der Waals surface area contributed by atoms with E-state index in [1.54, 1.807) is 0 Å². The summed E-state index contributed by atoms with van der Waals surface area (Å²) < 4.78 is 34.2. The van der Waals surface area contributed by atoms with E-state index in [0.29, 0.717) is 0 Å². The van der Waals surface area contributed by atoms with E-state index in [1.807, 2.05) is 31.2 Å². The number of carbonyl (C=O) groups is 2. The standard InChI is InChI=1S/C20H22F2N4O3/c1-12-2-4-13(5-3-12)6-17(27)26-9-15(20(21,22)11-26)10-29-16-7-14(19(24)28)8-25-18(16)23/h2-5,7-8,15H,6,9-11H2,1H3,(H2,23,25)(H2,24,28). The topological polar surface area (TPSA) is 112 Å². The molecule has 1 unspecified atom stereocenters. The zero-order valence-corrected chi connectivity index (χ0v) is 15.9. The van der Waals surface area contributed by atoms with E-state index >= 15 is 0 Å². The van der Waals surface area contributed by atoms with Gasteiger partial charge in [-0.2, -0.15) is 0 Å². The van der Waals surface area contributed by atoms with Crippen molar-refractivity contribution >= 4 is 17.6 Å². The summed E-state index contributed by atoms with van der Waals surface area (Å²) in [7, 11) is 0. The molecule has 1 saturated heterocycles. The largest absolute Gasteiger partial charge is 0.489 e. The number of primary amides is 1. The summed E-state index contributed by atoms with van der Waals surface area (Å²) in [5.41, 5.74) is 12.7. The number of pyridine rings is 1. The molecule has 1 atom stereocenters. The van der Waals surface area contributed by atoms with E-state index in [1.165, 1.54) is 12.3 Å². The average Bonchev–Trinajstić information content (AvgIpc) is 2.97. The molecule has 0 aliphatic carbocycles. The Hall–Kier alpha value is -3.23. The van der Waals surface area contributed by atoms with Crippen LogP contribution in [0.4, 0.5) is 14.6 Å². The average molecular weight is 404 g/mol. The van der Waals surface area contributed by atoms with Gasteiger partial charge in [-0.1, -0.05) is 29.8 Å². The molecule has 1 aliphatic heterocycles. The summed E-state index contributed by atoms with van der Waals surface area (Å²) in [6.45, 7) is 0.745. The van der Waals surface area contributed by atoms with Gasteiger partial charge in [0.05, 0.1) is 31.1 Å². The summed E-state index contributed by atoms with van der Waals surface area (Å²) in [6, 6.07) is 8.62. The van der Waals surface area contributed by atoms with Crippen LogP contribution in [0.5, 0.6) is 5.75 Å². The predicted molar refractivity (Wildman–Crippen MR) is 103 cm³/mol. The normalized spacial score (nSPS) is 17.9. The second-order valence-corrected chi connectivity index (χ2v) is 7.18. The molecule has 0 bridgehead atoms. The summed E-state index contributed by atoms with van der Waals surface area (Å²) in [5.74, 6) is -5.45. The lowest BCUT2D eigenvalue weighted by Gasteiger charge is -2.18. The lowest BCUT2D eigenvalue weighted by molar-refractivity contribution is -0.130. The number of nitrogen functional groups attached to an aromatic ring is 1. The Kier molecular flexibility index (Phi) is 5.67. The predicted octanol–water partition coefficient (Wildman–Crippen LogP) is 1.79. The number of nitrogens with two attached hydrogens (primary N) is 2. The van der Waals surface area contributed by atoms with Crippen LogP contribution >= 0.6 is 0 Å². The molecule has 29 heavy (non-hydrogen) atoms. The Morgan fingerprint density at radius 3 is 2.66 bits per heavy atom. The molecular weight excluding hydrogens is 382 g/mol. The van der Waals surface area contributed by atoms with E-state index < -0.39 is 24.3 Å². The fraction of sp³-hybridized carbons (Fsp3) is 0.350. The molecule has 1 aromatic carbocycles. The summed E-state index contributed by atoms with van der Waals surface area (Å²) >= 11 is 0. The molecule has 1 fully saturated rings. The van der Waals surface area contributed by atoms with Crippen LogP contribution in [0.3, 0.4) is 0 Å². The van der Waals surface area contributed by atoms with Gasteiger partial charge in [-0.25, -0.2) is 13.8 Å². The van der Waals surface area contributed by atoms with Gasteiger partial charge in [0.2, 0.25) is 11.8 Å². The van der Waals surface area contributed by atoms with E-state index in [-0.39, 0.29) is 42.6 Å². The van der Waals surface area contributed by atoms with Crippen LogP contribution in [0, 0.1) is 12.8 Å². The van der Waals surface area contributed by atoms with Crippen molar-refractivity contribution in [3.05, 3.63) is 53.2 Å². The van der Waals surface area contributed by atoms with Crippen LogP contribution in [-0.2, 0) is 11.2 Å². The minimum atomic E-state index is -3.10. The highest BCUT2D eigenvalue weighted by atomic mass is 19.3. The third kappa shape index (κ3) is 4.79. The highest BCUT2D eigenvalue weighted by molar-refractivity contribution is 5.93. The lowest BCUT2D eigenvalue weighted by Crippen LogP contribution is -2.33. The van der Waals surface area contributed by atoms with Gasteiger partial charge in [-0.05, 0) is 18.6 Å². The molecule has 0 saturated carbocycles. The quantitative estimate of drug-likeness (QED) is 0.762. The summed E-state index contributed by atoms with van der Waals surface area (Å²) in [6.07, 6.45) is 1.24. The molecule has 4 N–H and O–H groups in total. The van der Waals surface area contributed by atoms with E-state index in [4.69, 9.17) is 16.2 Å². The highest BCUT2D eigenvalue weighted by Gasteiger charge is 2.49. The minimum Gasteiger partial charge on any atom is -0.489 e. The number of hydrogen-bond acceptors (Lipinski definition) is 5. The van der Waals surface area contributed by atoms with Gasteiger partial charge in [0.15, 0.2) is 11.6 Å². The fourth-order valence-corrected chi connectivity index (χ4v) is 3.10. The zero-order chi connectivity index (χ0) is 21.2. The molecule has 2 heterocycles. The van der Waals surface area contributed by atoms with Crippen LogP contribution in [0.2, 0.25) is 0 Å². The molecule has 3 rings (SSSR count). The van der Waals surface area contributed by atoms with Crippen molar-refractivity contribution in [2.45, 2.75) is 19.3 Å². The van der Waals surface area contributed by atoms with Gasteiger partial charge in [0.1, 0.15) is 0 Å². The van der Waals surface area contributed by atoms with Crippen molar-refractivity contribution in [1.29, 1.82) is 0 Å². The molecule has 2 aromatic rings. The molecule has 2 amide bonds. The van der Waals surface area contributed by atoms with E-state index in [2.05, 4.69) is 4.98 Å². The van der Waals surface area contributed by atoms with E-state index in [9.17, 15) is 18.4 Å². The van der Waals surface area contributed by atoms with E-state index in [0.717, 1.165) is 16.0 Å². The van der Waals surface area contributed by atoms with Gasteiger partial charge in [0, 0.05) is 12.7 Å². The first kappa shape index (κ1) is 20.5. The molecular formula is C20H22F2N4O3. The Morgan fingerprint density at radius 2 is 2.00 bits per heavy atom. The first-order chi connectivity index (χ1) is 13.7. The van der Waals surface area contributed by atoms with Gasteiger partial charge < -0.3 is 21.1 Å². The maximum absolute atomic E-state index is 14.4. The maximum Gasteiger partial charge on any atom is 0.273 e. The molecule has 0 spiro atoms. The van der Waals surface area contributed by atoms with Crippen LogP contribution in [-0.4, -0.2) is 47.3 Å². The van der Waals surface area contributed by atoms with Crippen LogP contribution in [0.25, 0.3) is 0 Å². The lowest BCUT2D eigenvalue weighted by atomic mass is 10.1. The molecule has 7 nitrogen and oxygen atoms in total. The minimum absolute atomic E-state index is 0.00142. The SMILES string of the molecule is Cc1ccc(CC(=O)N2CC(COc3cc(C(N)=O)cnc3N)C(F)(F)C2)cc1. The van der Waals surface area contributed by atoms with Gasteiger partial charge in [-0.3, -0.25) is 9.59 Å². The number of benzene rings is 1. The molecule has 154 valence electrons. The van der Waals surface area contributed by atoms with Gasteiger partial charge in [-0.15, -0.1) is 0 Å². The second kappa shape index (κ2) is 8.02. The smallest absolute Gasteiger partial charge is 0.273 e.